The van der Waals surface area contributed by atoms with Crippen LogP contribution in [0, 0.1) is 0 Å². The van der Waals surface area contributed by atoms with Gasteiger partial charge in [-0.2, -0.15) is 0 Å². The molecule has 2 aromatic carbocycles. The van der Waals surface area contributed by atoms with Crippen LogP contribution in [0.15, 0.2) is 36.4 Å². The number of piperazine rings is 1. The van der Waals surface area contributed by atoms with Crippen molar-refractivity contribution in [2.45, 2.75) is 70.0 Å². The molecule has 1 aliphatic carbocycles. The minimum Gasteiger partial charge on any atom is -0.497 e. The Morgan fingerprint density at radius 2 is 1.54 bits per heavy atom. The molecule has 0 amide bonds. The molecule has 2 aromatic rings. The predicted molar refractivity (Wildman–Crippen MR) is 168 cm³/mol. The van der Waals surface area contributed by atoms with Crippen LogP contribution in [-0.2, 0) is 13.0 Å². The zero-order chi connectivity index (χ0) is 25.5. The quantitative estimate of drug-likeness (QED) is 0.298. The van der Waals surface area contributed by atoms with Crippen LogP contribution in [0.25, 0.3) is 0 Å². The van der Waals surface area contributed by atoms with Crippen LogP contribution in [0.1, 0.15) is 68.1 Å². The van der Waals surface area contributed by atoms with Gasteiger partial charge in [-0.05, 0) is 48.6 Å². The van der Waals surface area contributed by atoms with Crippen LogP contribution in [0.4, 0.5) is 0 Å². The maximum atomic E-state index is 7.42. The van der Waals surface area contributed by atoms with Crippen molar-refractivity contribution in [2.24, 2.45) is 5.73 Å². The summed E-state index contributed by atoms with van der Waals surface area (Å²) < 4.78 is 16.8. The lowest BCUT2D eigenvalue weighted by Gasteiger charge is -2.52. The number of rotatable bonds is 11. The molecule has 222 valence electrons. The van der Waals surface area contributed by atoms with E-state index >= 15 is 0 Å². The Morgan fingerprint density at radius 1 is 0.846 bits per heavy atom. The Kier molecular flexibility index (Phi) is 15.3. The first kappa shape index (κ1) is 35.6. The molecule has 1 heterocycles. The molecule has 39 heavy (non-hydrogen) atoms. The Hall–Kier alpha value is -1.41. The van der Waals surface area contributed by atoms with E-state index in [1.54, 1.807) is 21.3 Å². The van der Waals surface area contributed by atoms with Crippen LogP contribution in [0.5, 0.6) is 17.2 Å². The maximum Gasteiger partial charge on any atom is 0.164 e. The smallest absolute Gasteiger partial charge is 0.164 e. The SMILES string of the molecule is CCCCCCC1c2ccc(OC)c(OC)c2CCC1(N)N1CCN(Cc2ccc(OC)cc2)CC1.Cl.Cl.Cl. The van der Waals surface area contributed by atoms with E-state index in [4.69, 9.17) is 19.9 Å². The average molecular weight is 605 g/mol. The first-order valence-electron chi connectivity index (χ1n) is 13.7. The van der Waals surface area contributed by atoms with E-state index < -0.39 is 0 Å². The summed E-state index contributed by atoms with van der Waals surface area (Å²) >= 11 is 0. The molecular formula is C30H48Cl3N3O3. The van der Waals surface area contributed by atoms with Gasteiger partial charge in [0.2, 0.25) is 0 Å². The van der Waals surface area contributed by atoms with Gasteiger partial charge in [0.15, 0.2) is 11.5 Å². The van der Waals surface area contributed by atoms with Crippen molar-refractivity contribution in [3.63, 3.8) is 0 Å². The summed E-state index contributed by atoms with van der Waals surface area (Å²) in [5, 5.41) is 0. The summed E-state index contributed by atoms with van der Waals surface area (Å²) in [6, 6.07) is 12.7. The van der Waals surface area contributed by atoms with Crippen LogP contribution < -0.4 is 19.9 Å². The molecule has 2 N–H and O–H groups in total. The highest BCUT2D eigenvalue weighted by atomic mass is 35.5. The molecule has 4 rings (SSSR count). The number of hydrogen-bond donors (Lipinski definition) is 1. The Morgan fingerprint density at radius 3 is 2.13 bits per heavy atom. The van der Waals surface area contributed by atoms with Crippen molar-refractivity contribution in [2.75, 3.05) is 47.5 Å². The normalized spacial score (nSPS) is 21.0. The first-order chi connectivity index (χ1) is 17.5. The fourth-order valence-electron chi connectivity index (χ4n) is 6.23. The maximum absolute atomic E-state index is 7.42. The minimum absolute atomic E-state index is 0. The van der Waals surface area contributed by atoms with Crippen molar-refractivity contribution in [3.05, 3.63) is 53.1 Å². The number of nitrogens with zero attached hydrogens (tertiary/aromatic N) is 2. The zero-order valence-corrected chi connectivity index (χ0v) is 26.4. The molecule has 1 aliphatic heterocycles. The second kappa shape index (κ2) is 16.8. The van der Waals surface area contributed by atoms with Crippen molar-refractivity contribution in [3.8, 4) is 17.2 Å². The summed E-state index contributed by atoms with van der Waals surface area (Å²) in [6.07, 6.45) is 7.99. The molecule has 1 fully saturated rings. The van der Waals surface area contributed by atoms with Gasteiger partial charge >= 0.3 is 0 Å². The van der Waals surface area contributed by atoms with Gasteiger partial charge in [0.1, 0.15) is 5.75 Å². The average Bonchev–Trinajstić information content (AvgIpc) is 2.92. The summed E-state index contributed by atoms with van der Waals surface area (Å²) in [6.45, 7) is 7.31. The van der Waals surface area contributed by atoms with Gasteiger partial charge in [-0.1, -0.05) is 50.8 Å². The van der Waals surface area contributed by atoms with Crippen LogP contribution >= 0.6 is 37.2 Å². The molecular weight excluding hydrogens is 557 g/mol. The number of benzene rings is 2. The molecule has 0 bridgehead atoms. The Labute approximate surface area is 254 Å². The third-order valence-corrected chi connectivity index (χ3v) is 8.31. The van der Waals surface area contributed by atoms with E-state index in [0.717, 1.165) is 69.2 Å². The molecule has 6 nitrogen and oxygen atoms in total. The van der Waals surface area contributed by atoms with E-state index in [1.807, 2.05) is 12.1 Å². The third kappa shape index (κ3) is 8.08. The van der Waals surface area contributed by atoms with Gasteiger partial charge in [0.25, 0.3) is 0 Å². The van der Waals surface area contributed by atoms with Crippen LogP contribution in [0.2, 0.25) is 0 Å². The largest absolute Gasteiger partial charge is 0.497 e. The topological polar surface area (TPSA) is 60.2 Å². The molecule has 2 atom stereocenters. The number of fused-ring (bicyclic) bond motifs is 1. The molecule has 0 spiro atoms. The highest BCUT2D eigenvalue weighted by Gasteiger charge is 2.46. The summed E-state index contributed by atoms with van der Waals surface area (Å²) in [4.78, 5) is 5.13. The lowest BCUT2D eigenvalue weighted by atomic mass is 9.71. The Balaban J connectivity index is 0.00000253. The molecule has 0 radical (unpaired) electrons. The van der Waals surface area contributed by atoms with Crippen LogP contribution in [0.3, 0.4) is 0 Å². The summed E-state index contributed by atoms with van der Waals surface area (Å²) in [5.41, 5.74) is 11.1. The molecule has 2 unspecified atom stereocenters. The standard InChI is InChI=1S/C30H45N3O3.3ClH/c1-5-6-7-8-9-27-25-14-15-28(35-3)29(36-4)26(25)16-17-30(27,31)33-20-18-32(19-21-33)22-23-10-12-24(34-2)13-11-23;;;/h10-15,27H,5-9,16-22,31H2,1-4H3;3*1H. The second-order valence-electron chi connectivity index (χ2n) is 10.4. The minimum atomic E-state index is -0.328. The van der Waals surface area contributed by atoms with Gasteiger partial charge in [-0.15, -0.1) is 37.2 Å². The fourth-order valence-corrected chi connectivity index (χ4v) is 6.23. The van der Waals surface area contributed by atoms with Crippen molar-refractivity contribution in [1.82, 2.24) is 9.80 Å². The third-order valence-electron chi connectivity index (χ3n) is 8.31. The van der Waals surface area contributed by atoms with Gasteiger partial charge in [0.05, 0.1) is 27.0 Å². The zero-order valence-electron chi connectivity index (χ0n) is 23.9. The number of ether oxygens (including phenoxy) is 3. The molecule has 1 saturated heterocycles. The van der Waals surface area contributed by atoms with E-state index in [1.165, 1.54) is 42.4 Å². The molecule has 9 heteroatoms. The van der Waals surface area contributed by atoms with Gasteiger partial charge in [-0.3, -0.25) is 9.80 Å². The van der Waals surface area contributed by atoms with E-state index in [-0.39, 0.29) is 42.9 Å². The van der Waals surface area contributed by atoms with E-state index in [9.17, 15) is 0 Å². The fraction of sp³-hybridized carbons (Fsp3) is 0.600. The molecule has 0 aromatic heterocycles. The number of hydrogen-bond acceptors (Lipinski definition) is 6. The van der Waals surface area contributed by atoms with Crippen molar-refractivity contribution < 1.29 is 14.2 Å². The molecule has 2 aliphatic rings. The molecule has 0 saturated carbocycles. The number of nitrogens with two attached hydrogens (primary N) is 1. The van der Waals surface area contributed by atoms with E-state index in [2.05, 4.69) is 41.0 Å². The Bertz CT molecular complexity index is 987. The van der Waals surface area contributed by atoms with Gasteiger partial charge in [0, 0.05) is 44.2 Å². The van der Waals surface area contributed by atoms with Crippen molar-refractivity contribution >= 4 is 37.2 Å². The first-order valence-corrected chi connectivity index (χ1v) is 13.7. The number of halogens is 3. The number of unbranched alkanes of at least 4 members (excludes halogenated alkanes) is 3. The highest BCUT2D eigenvalue weighted by Crippen LogP contribution is 2.48. The summed E-state index contributed by atoms with van der Waals surface area (Å²) in [7, 11) is 5.18. The number of methoxy groups -OCH3 is 3. The van der Waals surface area contributed by atoms with E-state index in [0.29, 0.717) is 5.92 Å². The summed E-state index contributed by atoms with van der Waals surface area (Å²) in [5.74, 6) is 2.91. The van der Waals surface area contributed by atoms with Gasteiger partial charge < -0.3 is 19.9 Å². The predicted octanol–water partition coefficient (Wildman–Crippen LogP) is 6.45. The lowest BCUT2D eigenvalue weighted by molar-refractivity contribution is 0.00214. The monoisotopic (exact) mass is 603 g/mol. The second-order valence-corrected chi connectivity index (χ2v) is 10.4. The lowest BCUT2D eigenvalue weighted by Crippen LogP contribution is -2.65. The van der Waals surface area contributed by atoms with Crippen molar-refractivity contribution in [1.29, 1.82) is 0 Å². The van der Waals surface area contributed by atoms with Gasteiger partial charge in [-0.25, -0.2) is 0 Å². The highest BCUT2D eigenvalue weighted by molar-refractivity contribution is 5.86. The van der Waals surface area contributed by atoms with Crippen LogP contribution in [-0.4, -0.2) is 63.0 Å².